The quantitative estimate of drug-likeness (QED) is 0.879. The van der Waals surface area contributed by atoms with E-state index in [4.69, 9.17) is 4.42 Å². The number of hydrogen-bond acceptors (Lipinski definition) is 3. The molecule has 0 saturated heterocycles. The molecule has 1 aromatic heterocycles. The van der Waals surface area contributed by atoms with E-state index in [1.54, 1.807) is 24.5 Å². The minimum atomic E-state index is -0.854. The van der Waals surface area contributed by atoms with Crippen LogP contribution in [0.5, 0.6) is 0 Å². The first-order chi connectivity index (χ1) is 8.68. The van der Waals surface area contributed by atoms with Crippen molar-refractivity contribution in [2.75, 3.05) is 7.05 Å². The molecular weight excluding hydrogens is 230 g/mol. The van der Waals surface area contributed by atoms with Gasteiger partial charge in [0.15, 0.2) is 0 Å². The van der Waals surface area contributed by atoms with Crippen LogP contribution in [0.25, 0.3) is 0 Å². The smallest absolute Gasteiger partial charge is 0.325 e. The number of nitrogens with zero attached hydrogens (tertiary/aromatic N) is 1. The first kappa shape index (κ1) is 12.4. The third-order valence-electron chi connectivity index (χ3n) is 2.80. The molecule has 18 heavy (non-hydrogen) atoms. The van der Waals surface area contributed by atoms with Crippen LogP contribution in [0.15, 0.2) is 53.3 Å². The fourth-order valence-electron chi connectivity index (χ4n) is 1.98. The van der Waals surface area contributed by atoms with Crippen LogP contribution in [-0.2, 0) is 11.3 Å². The van der Waals surface area contributed by atoms with Crippen LogP contribution < -0.4 is 0 Å². The van der Waals surface area contributed by atoms with Crippen LogP contribution in [0.1, 0.15) is 17.2 Å². The van der Waals surface area contributed by atoms with E-state index >= 15 is 0 Å². The molecule has 0 aliphatic carbocycles. The highest BCUT2D eigenvalue weighted by Gasteiger charge is 2.24. The van der Waals surface area contributed by atoms with Gasteiger partial charge in [-0.15, -0.1) is 0 Å². The van der Waals surface area contributed by atoms with Crippen molar-refractivity contribution in [2.24, 2.45) is 0 Å². The zero-order valence-corrected chi connectivity index (χ0v) is 10.1. The molecule has 94 valence electrons. The second-order valence-corrected chi connectivity index (χ2v) is 4.20. The van der Waals surface area contributed by atoms with Crippen molar-refractivity contribution in [1.29, 1.82) is 0 Å². The van der Waals surface area contributed by atoms with E-state index < -0.39 is 12.0 Å². The second-order valence-electron chi connectivity index (χ2n) is 4.20. The maximum Gasteiger partial charge on any atom is 0.325 e. The molecule has 2 rings (SSSR count). The summed E-state index contributed by atoms with van der Waals surface area (Å²) < 4.78 is 4.99. The number of furan rings is 1. The number of rotatable bonds is 5. The number of likely N-dealkylation sites (N-methyl/N-ethyl adjacent to an activating group) is 1. The van der Waals surface area contributed by atoms with Gasteiger partial charge in [0.25, 0.3) is 0 Å². The number of carboxylic acids is 1. The Morgan fingerprint density at radius 1 is 1.33 bits per heavy atom. The van der Waals surface area contributed by atoms with Gasteiger partial charge in [-0.05, 0) is 18.7 Å². The fraction of sp³-hybridized carbons (Fsp3) is 0.214. The Kier molecular flexibility index (Phi) is 3.79. The molecule has 4 nitrogen and oxygen atoms in total. The molecule has 2 aromatic rings. The summed E-state index contributed by atoms with van der Waals surface area (Å²) in [6.07, 6.45) is 3.21. The summed E-state index contributed by atoms with van der Waals surface area (Å²) in [5.74, 6) is -0.854. The molecular formula is C14H15NO3. The number of carbonyl (C=O) groups is 1. The highest BCUT2D eigenvalue weighted by atomic mass is 16.4. The lowest BCUT2D eigenvalue weighted by Gasteiger charge is -2.24. The van der Waals surface area contributed by atoms with Gasteiger partial charge in [-0.1, -0.05) is 30.3 Å². The highest BCUT2D eigenvalue weighted by Crippen LogP contribution is 2.21. The standard InChI is InChI=1S/C14H15NO3/c1-15(9-11-7-8-18-10-11)13(14(16)17)12-5-3-2-4-6-12/h2-8,10,13H,9H2,1H3,(H,16,17). The summed E-state index contributed by atoms with van der Waals surface area (Å²) in [6, 6.07) is 10.4. The average Bonchev–Trinajstić information content (AvgIpc) is 2.83. The maximum atomic E-state index is 11.4. The van der Waals surface area contributed by atoms with E-state index in [2.05, 4.69) is 0 Å². The lowest BCUT2D eigenvalue weighted by molar-refractivity contribution is -0.143. The number of benzene rings is 1. The monoisotopic (exact) mass is 245 g/mol. The molecule has 1 aromatic carbocycles. The Morgan fingerprint density at radius 3 is 2.61 bits per heavy atom. The molecule has 0 amide bonds. The molecule has 1 atom stereocenters. The van der Waals surface area contributed by atoms with Crippen molar-refractivity contribution in [3.63, 3.8) is 0 Å². The van der Waals surface area contributed by atoms with Gasteiger partial charge in [-0.2, -0.15) is 0 Å². The SMILES string of the molecule is CN(Cc1ccoc1)C(C(=O)O)c1ccccc1. The molecule has 0 spiro atoms. The van der Waals surface area contributed by atoms with Crippen LogP contribution in [-0.4, -0.2) is 23.0 Å². The average molecular weight is 245 g/mol. The lowest BCUT2D eigenvalue weighted by atomic mass is 10.1. The Labute approximate surface area is 105 Å². The van der Waals surface area contributed by atoms with Gasteiger partial charge in [0, 0.05) is 12.1 Å². The Hall–Kier alpha value is -2.07. The van der Waals surface area contributed by atoms with Crippen molar-refractivity contribution in [2.45, 2.75) is 12.6 Å². The van der Waals surface area contributed by atoms with Crippen LogP contribution in [0.2, 0.25) is 0 Å². The van der Waals surface area contributed by atoms with Crippen molar-refractivity contribution >= 4 is 5.97 Å². The zero-order valence-electron chi connectivity index (χ0n) is 10.1. The minimum Gasteiger partial charge on any atom is -0.480 e. The van der Waals surface area contributed by atoms with Gasteiger partial charge in [-0.25, -0.2) is 0 Å². The third-order valence-corrected chi connectivity index (χ3v) is 2.80. The van der Waals surface area contributed by atoms with Crippen molar-refractivity contribution in [1.82, 2.24) is 4.90 Å². The molecule has 0 aliphatic rings. The first-order valence-corrected chi connectivity index (χ1v) is 5.67. The largest absolute Gasteiger partial charge is 0.480 e. The van der Waals surface area contributed by atoms with Crippen molar-refractivity contribution in [3.05, 3.63) is 60.1 Å². The van der Waals surface area contributed by atoms with Gasteiger partial charge in [-0.3, -0.25) is 9.69 Å². The van der Waals surface area contributed by atoms with E-state index in [1.165, 1.54) is 0 Å². The third kappa shape index (κ3) is 2.78. The van der Waals surface area contributed by atoms with E-state index in [-0.39, 0.29) is 0 Å². The molecule has 0 saturated carbocycles. The zero-order chi connectivity index (χ0) is 13.0. The summed E-state index contributed by atoms with van der Waals surface area (Å²) in [6.45, 7) is 0.530. The van der Waals surface area contributed by atoms with Crippen molar-refractivity contribution in [3.8, 4) is 0 Å². The maximum absolute atomic E-state index is 11.4. The normalized spacial score (nSPS) is 12.6. The van der Waals surface area contributed by atoms with Crippen LogP contribution in [0.4, 0.5) is 0 Å². The van der Waals surface area contributed by atoms with Crippen molar-refractivity contribution < 1.29 is 14.3 Å². The van der Waals surface area contributed by atoms with Crippen LogP contribution >= 0.6 is 0 Å². The van der Waals surface area contributed by atoms with Gasteiger partial charge in [0.2, 0.25) is 0 Å². The van der Waals surface area contributed by atoms with E-state index in [0.717, 1.165) is 11.1 Å². The molecule has 0 fully saturated rings. The van der Waals surface area contributed by atoms with Crippen LogP contribution in [0, 0.1) is 0 Å². The highest BCUT2D eigenvalue weighted by molar-refractivity contribution is 5.75. The molecule has 0 bridgehead atoms. The lowest BCUT2D eigenvalue weighted by Crippen LogP contribution is -2.30. The first-order valence-electron chi connectivity index (χ1n) is 5.67. The van der Waals surface area contributed by atoms with Gasteiger partial charge < -0.3 is 9.52 Å². The minimum absolute atomic E-state index is 0.530. The Balaban J connectivity index is 2.18. The summed E-state index contributed by atoms with van der Waals surface area (Å²) in [5.41, 5.74) is 1.73. The van der Waals surface area contributed by atoms with Gasteiger partial charge in [0.1, 0.15) is 6.04 Å². The molecule has 1 unspecified atom stereocenters. The molecule has 4 heteroatoms. The van der Waals surface area contributed by atoms with Gasteiger partial charge in [0.05, 0.1) is 12.5 Å². The Morgan fingerprint density at radius 2 is 2.06 bits per heavy atom. The summed E-state index contributed by atoms with van der Waals surface area (Å²) in [4.78, 5) is 13.2. The molecule has 1 N–H and O–H groups in total. The molecule has 0 radical (unpaired) electrons. The topological polar surface area (TPSA) is 53.7 Å². The fourth-order valence-corrected chi connectivity index (χ4v) is 1.98. The van der Waals surface area contributed by atoms with E-state index in [9.17, 15) is 9.90 Å². The number of aliphatic carboxylic acids is 1. The molecule has 0 aliphatic heterocycles. The summed E-state index contributed by atoms with van der Waals surface area (Å²) >= 11 is 0. The van der Waals surface area contributed by atoms with Crippen LogP contribution in [0.3, 0.4) is 0 Å². The molecule has 1 heterocycles. The Bertz CT molecular complexity index is 493. The van der Waals surface area contributed by atoms with E-state index in [1.807, 2.05) is 36.4 Å². The predicted molar refractivity (Wildman–Crippen MR) is 67.0 cm³/mol. The van der Waals surface area contributed by atoms with Gasteiger partial charge >= 0.3 is 5.97 Å². The second kappa shape index (κ2) is 5.51. The summed E-state index contributed by atoms with van der Waals surface area (Å²) in [7, 11) is 1.79. The number of carboxylic acid groups (broad SMARTS) is 1. The predicted octanol–water partition coefficient (Wildman–Crippen LogP) is 2.54. The summed E-state index contributed by atoms with van der Waals surface area (Å²) in [5, 5.41) is 9.36. The van der Waals surface area contributed by atoms with E-state index in [0.29, 0.717) is 6.54 Å². The number of hydrogen-bond donors (Lipinski definition) is 1.